The summed E-state index contributed by atoms with van der Waals surface area (Å²) in [7, 11) is 0. The van der Waals surface area contributed by atoms with Crippen molar-refractivity contribution in [1.29, 1.82) is 0 Å². The van der Waals surface area contributed by atoms with Crippen LogP contribution in [0.25, 0.3) is 0 Å². The third-order valence-corrected chi connectivity index (χ3v) is 2.21. The Labute approximate surface area is 103 Å². The predicted octanol–water partition coefficient (Wildman–Crippen LogP) is 2.94. The molecule has 0 spiro atoms. The second-order valence-electron chi connectivity index (χ2n) is 2.71. The highest BCUT2D eigenvalue weighted by molar-refractivity contribution is 14.1. The van der Waals surface area contributed by atoms with Gasteiger partial charge in [0.1, 0.15) is 20.8 Å². The van der Waals surface area contributed by atoms with Gasteiger partial charge in [-0.3, -0.25) is 0 Å². The fraction of sp³-hybridized carbons (Fsp3) is 0.333. The van der Waals surface area contributed by atoms with Crippen LogP contribution in [0.3, 0.4) is 0 Å². The summed E-state index contributed by atoms with van der Waals surface area (Å²) in [6.07, 6.45) is -3.02. The van der Waals surface area contributed by atoms with Gasteiger partial charge in [0.15, 0.2) is 0 Å². The molecule has 3 nitrogen and oxygen atoms in total. The molecule has 7 heteroatoms. The summed E-state index contributed by atoms with van der Waals surface area (Å²) in [5.41, 5.74) is -1.68. The number of carbonyl (C=O) groups is 1. The number of hydrogen-bond donors (Lipinski definition) is 0. The lowest BCUT2D eigenvalue weighted by Gasteiger charge is -2.08. The number of pyridine rings is 1. The van der Waals surface area contributed by atoms with E-state index in [1.807, 2.05) is 0 Å². The Balaban J connectivity index is 3.29. The molecule has 0 N–H and O–H groups in total. The quantitative estimate of drug-likeness (QED) is 0.480. The first-order chi connectivity index (χ1) is 7.47. The Bertz CT molecular complexity index is 412. The third-order valence-electron chi connectivity index (χ3n) is 1.65. The molecule has 0 fully saturated rings. The van der Waals surface area contributed by atoms with Gasteiger partial charge in [-0.2, -0.15) is 0 Å². The van der Waals surface area contributed by atoms with Crippen molar-refractivity contribution in [2.75, 3.05) is 6.61 Å². The molecule has 0 radical (unpaired) electrons. The zero-order valence-corrected chi connectivity index (χ0v) is 10.3. The fourth-order valence-electron chi connectivity index (χ4n) is 1.07. The van der Waals surface area contributed by atoms with E-state index in [9.17, 15) is 18.0 Å². The molecule has 0 saturated carbocycles. The van der Waals surface area contributed by atoms with Gasteiger partial charge in [0.05, 0.1) is 6.61 Å². The van der Waals surface area contributed by atoms with Crippen LogP contribution in [-0.4, -0.2) is 17.6 Å². The van der Waals surface area contributed by atoms with Gasteiger partial charge in [-0.1, -0.05) is 0 Å². The van der Waals surface area contributed by atoms with Crippen LogP contribution >= 0.6 is 22.6 Å². The normalized spacial score (nSPS) is 10.6. The van der Waals surface area contributed by atoms with Crippen LogP contribution in [-0.2, 0) is 4.74 Å². The number of aromatic nitrogens is 1. The smallest absolute Gasteiger partial charge is 0.343 e. The molecule has 0 bridgehead atoms. The van der Waals surface area contributed by atoms with E-state index in [0.717, 1.165) is 6.07 Å². The molecule has 88 valence electrons. The number of alkyl halides is 2. The first-order valence-electron chi connectivity index (χ1n) is 4.28. The van der Waals surface area contributed by atoms with Crippen molar-refractivity contribution in [1.82, 2.24) is 4.98 Å². The molecule has 1 aromatic heterocycles. The van der Waals surface area contributed by atoms with Crippen molar-refractivity contribution in [3.8, 4) is 0 Å². The van der Waals surface area contributed by atoms with Crippen molar-refractivity contribution in [2.24, 2.45) is 0 Å². The Morgan fingerprint density at radius 1 is 1.62 bits per heavy atom. The van der Waals surface area contributed by atoms with Gasteiger partial charge in [-0.05, 0) is 29.5 Å². The summed E-state index contributed by atoms with van der Waals surface area (Å²) >= 11 is 1.59. The monoisotopic (exact) mass is 345 g/mol. The topological polar surface area (TPSA) is 39.2 Å². The Kier molecular flexibility index (Phi) is 4.51. The number of carbonyl (C=O) groups excluding carboxylic acids is 1. The maximum atomic E-state index is 13.4. The zero-order chi connectivity index (χ0) is 12.3. The van der Waals surface area contributed by atoms with E-state index in [4.69, 9.17) is 0 Å². The molecular weight excluding hydrogens is 338 g/mol. The highest BCUT2D eigenvalue weighted by atomic mass is 127. The van der Waals surface area contributed by atoms with Crippen molar-refractivity contribution in [3.63, 3.8) is 0 Å². The molecule has 1 aromatic rings. The lowest BCUT2D eigenvalue weighted by Crippen LogP contribution is -2.13. The Morgan fingerprint density at radius 2 is 2.25 bits per heavy atom. The number of rotatable bonds is 3. The number of hydrogen-bond acceptors (Lipinski definition) is 3. The number of esters is 1. The predicted molar refractivity (Wildman–Crippen MR) is 57.8 cm³/mol. The van der Waals surface area contributed by atoms with Gasteiger partial charge >= 0.3 is 5.97 Å². The summed E-state index contributed by atoms with van der Waals surface area (Å²) in [5.74, 6) is -2.17. The zero-order valence-electron chi connectivity index (χ0n) is 8.14. The van der Waals surface area contributed by atoms with Crippen LogP contribution in [0.5, 0.6) is 0 Å². The summed E-state index contributed by atoms with van der Waals surface area (Å²) in [6.45, 7) is 1.48. The first-order valence-corrected chi connectivity index (χ1v) is 5.36. The second-order valence-corrected chi connectivity index (χ2v) is 3.81. The minimum absolute atomic E-state index is 0.0209. The number of nitrogens with zero attached hydrogens (tertiary/aromatic N) is 1. The van der Waals surface area contributed by atoms with Crippen molar-refractivity contribution < 1.29 is 22.7 Å². The SMILES string of the molecule is CCOC(=O)c1c(F)cc(I)nc1C(F)F. The Morgan fingerprint density at radius 3 is 2.75 bits per heavy atom. The Hall–Kier alpha value is -0.860. The highest BCUT2D eigenvalue weighted by Gasteiger charge is 2.25. The lowest BCUT2D eigenvalue weighted by atomic mass is 10.2. The van der Waals surface area contributed by atoms with Gasteiger partial charge in [0.2, 0.25) is 0 Å². The van der Waals surface area contributed by atoms with Crippen LogP contribution in [0.4, 0.5) is 13.2 Å². The van der Waals surface area contributed by atoms with E-state index in [2.05, 4.69) is 9.72 Å². The van der Waals surface area contributed by atoms with E-state index < -0.39 is 29.5 Å². The first kappa shape index (κ1) is 13.2. The minimum atomic E-state index is -3.02. The van der Waals surface area contributed by atoms with Crippen LogP contribution < -0.4 is 0 Å². The fourth-order valence-corrected chi connectivity index (χ4v) is 1.60. The number of ether oxygens (including phenoxy) is 1. The van der Waals surface area contributed by atoms with Gasteiger partial charge in [-0.25, -0.2) is 22.9 Å². The number of halogens is 4. The summed E-state index contributed by atoms with van der Waals surface area (Å²) in [6, 6.07) is 0.901. The standard InChI is InChI=1S/C9H7F3INO2/c1-2-16-9(15)6-4(10)3-5(13)14-7(6)8(11)12/h3,8H,2H2,1H3. The molecule has 0 aromatic carbocycles. The van der Waals surface area contributed by atoms with Gasteiger partial charge < -0.3 is 4.74 Å². The summed E-state index contributed by atoms with van der Waals surface area (Å²) in [5, 5.41) is 0. The summed E-state index contributed by atoms with van der Waals surface area (Å²) < 4.78 is 43.0. The molecule has 1 rings (SSSR count). The molecule has 0 aliphatic heterocycles. The van der Waals surface area contributed by atoms with E-state index in [-0.39, 0.29) is 10.3 Å². The summed E-state index contributed by atoms with van der Waals surface area (Å²) in [4.78, 5) is 14.7. The molecule has 1 heterocycles. The minimum Gasteiger partial charge on any atom is -0.462 e. The third kappa shape index (κ3) is 2.83. The van der Waals surface area contributed by atoms with E-state index >= 15 is 0 Å². The highest BCUT2D eigenvalue weighted by Crippen LogP contribution is 2.25. The van der Waals surface area contributed by atoms with Crippen LogP contribution in [0.2, 0.25) is 0 Å². The largest absolute Gasteiger partial charge is 0.462 e. The van der Waals surface area contributed by atoms with Crippen molar-refractivity contribution in [2.45, 2.75) is 13.3 Å². The average Bonchev–Trinajstić information content (AvgIpc) is 2.16. The van der Waals surface area contributed by atoms with Gasteiger partial charge in [0.25, 0.3) is 6.43 Å². The lowest BCUT2D eigenvalue weighted by molar-refractivity contribution is 0.0507. The molecular formula is C9H7F3INO2. The van der Waals surface area contributed by atoms with Gasteiger partial charge in [-0.15, -0.1) is 0 Å². The molecule has 0 amide bonds. The molecule has 0 aliphatic carbocycles. The maximum absolute atomic E-state index is 13.4. The van der Waals surface area contributed by atoms with Crippen molar-refractivity contribution in [3.05, 3.63) is 26.8 Å². The van der Waals surface area contributed by atoms with E-state index in [1.165, 1.54) is 6.92 Å². The van der Waals surface area contributed by atoms with Crippen LogP contribution in [0.15, 0.2) is 6.07 Å². The van der Waals surface area contributed by atoms with Gasteiger partial charge in [0, 0.05) is 6.07 Å². The van der Waals surface area contributed by atoms with Crippen LogP contribution in [0.1, 0.15) is 29.4 Å². The van der Waals surface area contributed by atoms with E-state index in [1.54, 1.807) is 22.6 Å². The molecule has 16 heavy (non-hydrogen) atoms. The molecule has 0 atom stereocenters. The van der Waals surface area contributed by atoms with Crippen molar-refractivity contribution >= 4 is 28.6 Å². The van der Waals surface area contributed by atoms with E-state index in [0.29, 0.717) is 0 Å². The molecule has 0 unspecified atom stereocenters. The van der Waals surface area contributed by atoms with Crippen LogP contribution in [0, 0.1) is 9.52 Å². The molecule has 0 saturated heterocycles. The maximum Gasteiger partial charge on any atom is 0.343 e. The second kappa shape index (κ2) is 5.46. The average molecular weight is 345 g/mol. The molecule has 0 aliphatic rings.